The first-order valence-electron chi connectivity index (χ1n) is 6.72. The van der Waals surface area contributed by atoms with Gasteiger partial charge in [-0.15, -0.1) is 0 Å². The van der Waals surface area contributed by atoms with Crippen molar-refractivity contribution in [2.24, 2.45) is 0 Å². The van der Waals surface area contributed by atoms with Crippen molar-refractivity contribution in [2.75, 3.05) is 13.7 Å². The molecule has 0 spiro atoms. The topological polar surface area (TPSA) is 21.3 Å². The molecule has 0 heterocycles. The SMILES string of the molecule is CCCNC1CCCC1c1ccc(OC)cc1. The predicted octanol–water partition coefficient (Wildman–Crippen LogP) is 3.33. The molecule has 0 aliphatic heterocycles. The zero-order valence-corrected chi connectivity index (χ0v) is 10.9. The zero-order chi connectivity index (χ0) is 12.1. The molecule has 1 aromatic carbocycles. The molecule has 0 amide bonds. The molecule has 0 aromatic heterocycles. The van der Waals surface area contributed by atoms with E-state index in [-0.39, 0.29) is 0 Å². The summed E-state index contributed by atoms with van der Waals surface area (Å²) in [6.45, 7) is 3.36. The molecule has 1 fully saturated rings. The Morgan fingerprint density at radius 2 is 2.00 bits per heavy atom. The summed E-state index contributed by atoms with van der Waals surface area (Å²) in [5.74, 6) is 1.64. The van der Waals surface area contributed by atoms with Gasteiger partial charge in [-0.2, -0.15) is 0 Å². The third-order valence-corrected chi connectivity index (χ3v) is 3.72. The summed E-state index contributed by atoms with van der Waals surface area (Å²) < 4.78 is 5.21. The minimum Gasteiger partial charge on any atom is -0.497 e. The van der Waals surface area contributed by atoms with Gasteiger partial charge >= 0.3 is 0 Å². The Morgan fingerprint density at radius 1 is 1.24 bits per heavy atom. The molecule has 2 nitrogen and oxygen atoms in total. The van der Waals surface area contributed by atoms with Crippen molar-refractivity contribution in [1.29, 1.82) is 0 Å². The fourth-order valence-corrected chi connectivity index (χ4v) is 2.78. The van der Waals surface area contributed by atoms with Crippen LogP contribution < -0.4 is 10.1 Å². The van der Waals surface area contributed by atoms with Crippen LogP contribution in [0.5, 0.6) is 5.75 Å². The molecule has 2 heteroatoms. The monoisotopic (exact) mass is 233 g/mol. The van der Waals surface area contributed by atoms with E-state index in [0.29, 0.717) is 12.0 Å². The second-order valence-electron chi connectivity index (χ2n) is 4.87. The lowest BCUT2D eigenvalue weighted by atomic mass is 9.94. The van der Waals surface area contributed by atoms with Crippen LogP contribution in [0.1, 0.15) is 44.1 Å². The molecule has 1 aromatic rings. The summed E-state index contributed by atoms with van der Waals surface area (Å²) in [4.78, 5) is 0. The Hall–Kier alpha value is -1.02. The molecule has 0 bridgehead atoms. The van der Waals surface area contributed by atoms with Gasteiger partial charge in [-0.25, -0.2) is 0 Å². The average Bonchev–Trinajstić information content (AvgIpc) is 2.84. The maximum atomic E-state index is 5.21. The normalized spacial score (nSPS) is 23.9. The van der Waals surface area contributed by atoms with E-state index in [0.717, 1.165) is 12.3 Å². The summed E-state index contributed by atoms with van der Waals surface area (Å²) >= 11 is 0. The maximum absolute atomic E-state index is 5.21. The third kappa shape index (κ3) is 3.01. The summed E-state index contributed by atoms with van der Waals surface area (Å²) in [6, 6.07) is 9.25. The minimum absolute atomic E-state index is 0.670. The highest BCUT2D eigenvalue weighted by molar-refractivity contribution is 5.30. The van der Waals surface area contributed by atoms with E-state index in [4.69, 9.17) is 4.74 Å². The Labute approximate surface area is 104 Å². The first-order valence-corrected chi connectivity index (χ1v) is 6.72. The Bertz CT molecular complexity index is 333. The summed E-state index contributed by atoms with van der Waals surface area (Å²) in [6.07, 6.45) is 5.19. The van der Waals surface area contributed by atoms with E-state index >= 15 is 0 Å². The van der Waals surface area contributed by atoms with Crippen LogP contribution in [0.4, 0.5) is 0 Å². The molecule has 94 valence electrons. The van der Waals surface area contributed by atoms with Gasteiger partial charge in [-0.3, -0.25) is 0 Å². The van der Waals surface area contributed by atoms with E-state index < -0.39 is 0 Å². The maximum Gasteiger partial charge on any atom is 0.118 e. The lowest BCUT2D eigenvalue weighted by molar-refractivity contribution is 0.414. The van der Waals surface area contributed by atoms with Crippen LogP contribution >= 0.6 is 0 Å². The first kappa shape index (κ1) is 12.4. The molecule has 17 heavy (non-hydrogen) atoms. The second-order valence-corrected chi connectivity index (χ2v) is 4.87. The quantitative estimate of drug-likeness (QED) is 0.842. The van der Waals surface area contributed by atoms with Crippen LogP contribution in [0.15, 0.2) is 24.3 Å². The summed E-state index contributed by atoms with van der Waals surface area (Å²) in [5.41, 5.74) is 1.46. The van der Waals surface area contributed by atoms with E-state index in [1.54, 1.807) is 7.11 Å². The number of ether oxygens (including phenoxy) is 1. The van der Waals surface area contributed by atoms with Crippen LogP contribution in [-0.4, -0.2) is 19.7 Å². The zero-order valence-electron chi connectivity index (χ0n) is 10.9. The lowest BCUT2D eigenvalue weighted by Crippen LogP contribution is -2.31. The number of hydrogen-bond donors (Lipinski definition) is 1. The van der Waals surface area contributed by atoms with Crippen molar-refractivity contribution < 1.29 is 4.74 Å². The van der Waals surface area contributed by atoms with Crippen LogP contribution in [-0.2, 0) is 0 Å². The number of nitrogens with one attached hydrogen (secondary N) is 1. The molecule has 1 aliphatic carbocycles. The molecule has 1 N–H and O–H groups in total. The largest absolute Gasteiger partial charge is 0.497 e. The third-order valence-electron chi connectivity index (χ3n) is 3.72. The van der Waals surface area contributed by atoms with Gasteiger partial charge < -0.3 is 10.1 Å². The summed E-state index contributed by atoms with van der Waals surface area (Å²) in [7, 11) is 1.72. The van der Waals surface area contributed by atoms with E-state index in [1.165, 1.54) is 31.2 Å². The highest BCUT2D eigenvalue weighted by Gasteiger charge is 2.27. The number of benzene rings is 1. The minimum atomic E-state index is 0.670. The van der Waals surface area contributed by atoms with Crippen molar-refractivity contribution in [3.63, 3.8) is 0 Å². The predicted molar refractivity (Wildman–Crippen MR) is 71.7 cm³/mol. The van der Waals surface area contributed by atoms with Crippen LogP contribution in [0, 0.1) is 0 Å². The van der Waals surface area contributed by atoms with Gasteiger partial charge in [0.05, 0.1) is 7.11 Å². The molecule has 1 aliphatic rings. The average molecular weight is 233 g/mol. The fourth-order valence-electron chi connectivity index (χ4n) is 2.78. The van der Waals surface area contributed by atoms with Gasteiger partial charge in [0, 0.05) is 6.04 Å². The van der Waals surface area contributed by atoms with Crippen molar-refractivity contribution in [1.82, 2.24) is 5.32 Å². The number of rotatable bonds is 5. The van der Waals surface area contributed by atoms with Crippen molar-refractivity contribution >= 4 is 0 Å². The van der Waals surface area contributed by atoms with Gasteiger partial charge in [-0.1, -0.05) is 25.5 Å². The smallest absolute Gasteiger partial charge is 0.118 e. The van der Waals surface area contributed by atoms with Gasteiger partial charge in [0.2, 0.25) is 0 Å². The van der Waals surface area contributed by atoms with Crippen molar-refractivity contribution in [3.8, 4) is 5.75 Å². The summed E-state index contributed by atoms with van der Waals surface area (Å²) in [5, 5.41) is 3.68. The second kappa shape index (κ2) is 6.06. The van der Waals surface area contributed by atoms with Crippen molar-refractivity contribution in [2.45, 2.75) is 44.6 Å². The fraction of sp³-hybridized carbons (Fsp3) is 0.600. The number of hydrogen-bond acceptors (Lipinski definition) is 2. The van der Waals surface area contributed by atoms with Gasteiger partial charge in [0.1, 0.15) is 5.75 Å². The highest BCUT2D eigenvalue weighted by Crippen LogP contribution is 2.35. The molecular weight excluding hydrogens is 210 g/mol. The standard InChI is InChI=1S/C15H23NO/c1-3-11-16-15-6-4-5-14(15)12-7-9-13(17-2)10-8-12/h7-10,14-16H,3-6,11H2,1-2H3. The molecule has 2 atom stereocenters. The Morgan fingerprint density at radius 3 is 2.65 bits per heavy atom. The molecule has 1 saturated carbocycles. The van der Waals surface area contributed by atoms with Gasteiger partial charge in [0.15, 0.2) is 0 Å². The number of methoxy groups -OCH3 is 1. The van der Waals surface area contributed by atoms with Crippen LogP contribution in [0.3, 0.4) is 0 Å². The molecular formula is C15H23NO. The highest BCUT2D eigenvalue weighted by atomic mass is 16.5. The van der Waals surface area contributed by atoms with E-state index in [1.807, 2.05) is 0 Å². The lowest BCUT2D eigenvalue weighted by Gasteiger charge is -2.21. The van der Waals surface area contributed by atoms with Gasteiger partial charge in [0.25, 0.3) is 0 Å². The molecule has 0 radical (unpaired) electrons. The molecule has 0 saturated heterocycles. The Balaban J connectivity index is 2.03. The van der Waals surface area contributed by atoms with E-state index in [9.17, 15) is 0 Å². The van der Waals surface area contributed by atoms with Crippen LogP contribution in [0.25, 0.3) is 0 Å². The first-order chi connectivity index (χ1) is 8.35. The molecule has 2 rings (SSSR count). The van der Waals surface area contributed by atoms with Crippen molar-refractivity contribution in [3.05, 3.63) is 29.8 Å². The molecule has 2 unspecified atom stereocenters. The van der Waals surface area contributed by atoms with Gasteiger partial charge in [-0.05, 0) is 49.4 Å². The Kier molecular flexibility index (Phi) is 4.43. The van der Waals surface area contributed by atoms with E-state index in [2.05, 4.69) is 36.5 Å². The van der Waals surface area contributed by atoms with Crippen LogP contribution in [0.2, 0.25) is 0 Å².